The van der Waals surface area contributed by atoms with Crippen molar-refractivity contribution in [2.75, 3.05) is 11.6 Å². The van der Waals surface area contributed by atoms with E-state index in [1.165, 1.54) is 0 Å². The second-order valence-corrected chi connectivity index (χ2v) is 2.89. The number of benzene rings is 1. The minimum atomic E-state index is 0.805. The van der Waals surface area contributed by atoms with Gasteiger partial charge < -0.3 is 10.3 Å². The van der Waals surface area contributed by atoms with Crippen LogP contribution in [-0.4, -0.2) is 16.3 Å². The number of anilines is 1. The van der Waals surface area contributed by atoms with Gasteiger partial charge in [0.1, 0.15) is 0 Å². The van der Waals surface area contributed by atoms with Crippen LogP contribution in [0.25, 0.3) is 11.0 Å². The summed E-state index contributed by atoms with van der Waals surface area (Å²) in [5.74, 6) is 0.825. The molecule has 0 saturated heterocycles. The third-order valence-electron chi connectivity index (χ3n) is 1.66. The first-order chi connectivity index (χ1) is 5.90. The van der Waals surface area contributed by atoms with Crippen molar-refractivity contribution in [3.63, 3.8) is 0 Å². The summed E-state index contributed by atoms with van der Waals surface area (Å²) in [4.78, 5) is 7.48. The van der Waals surface area contributed by atoms with Gasteiger partial charge in [-0.3, -0.25) is 0 Å². The molecular weight excluding hydrogens is 169 g/mol. The van der Waals surface area contributed by atoms with Gasteiger partial charge in [-0.2, -0.15) is 0 Å². The minimum absolute atomic E-state index is 0.805. The number of hydrogen-bond donors (Lipinski definition) is 2. The van der Waals surface area contributed by atoms with E-state index in [1.54, 1.807) is 0 Å². The van der Waals surface area contributed by atoms with Gasteiger partial charge in [-0.15, -0.1) is 9.24 Å². The summed E-state index contributed by atoms with van der Waals surface area (Å²) in [6.07, 6.45) is 0.805. The first kappa shape index (κ1) is 7.56. The van der Waals surface area contributed by atoms with Crippen LogP contribution in [0.4, 0.5) is 5.95 Å². The highest BCUT2D eigenvalue weighted by Crippen LogP contribution is 2.12. The molecule has 0 saturated carbocycles. The number of aromatic amines is 1. The second kappa shape index (κ2) is 3.11. The largest absolute Gasteiger partial charge is 0.352 e. The van der Waals surface area contributed by atoms with E-state index in [0.717, 1.165) is 23.3 Å². The molecule has 1 heterocycles. The highest BCUT2D eigenvalue weighted by atomic mass is 31.0. The molecule has 1 aromatic carbocycles. The number of hydrogen-bond acceptors (Lipinski definition) is 2. The molecule has 2 rings (SSSR count). The monoisotopic (exact) mass is 179 g/mol. The number of aromatic nitrogens is 2. The Morgan fingerprint density at radius 2 is 2.25 bits per heavy atom. The van der Waals surface area contributed by atoms with E-state index in [-0.39, 0.29) is 0 Å². The van der Waals surface area contributed by atoms with Crippen molar-refractivity contribution in [3.8, 4) is 0 Å². The van der Waals surface area contributed by atoms with Crippen LogP contribution in [0.15, 0.2) is 24.3 Å². The lowest BCUT2D eigenvalue weighted by atomic mass is 10.3. The van der Waals surface area contributed by atoms with Crippen LogP contribution in [0.3, 0.4) is 0 Å². The summed E-state index contributed by atoms with van der Waals surface area (Å²) in [6, 6.07) is 7.97. The Labute approximate surface area is 72.8 Å². The van der Waals surface area contributed by atoms with E-state index in [9.17, 15) is 0 Å². The van der Waals surface area contributed by atoms with Crippen LogP contribution in [0.5, 0.6) is 0 Å². The van der Waals surface area contributed by atoms with Gasteiger partial charge in [0.15, 0.2) is 0 Å². The minimum Gasteiger partial charge on any atom is -0.352 e. The second-order valence-electron chi connectivity index (χ2n) is 2.48. The zero-order chi connectivity index (χ0) is 8.39. The summed E-state index contributed by atoms with van der Waals surface area (Å²) >= 11 is 0. The molecule has 62 valence electrons. The Morgan fingerprint density at radius 1 is 1.42 bits per heavy atom. The SMILES string of the molecule is PCNc1nc2ccccc2[nH]1. The van der Waals surface area contributed by atoms with Crippen molar-refractivity contribution < 1.29 is 0 Å². The Balaban J connectivity index is 2.47. The molecule has 1 aromatic heterocycles. The van der Waals surface area contributed by atoms with Gasteiger partial charge in [0.05, 0.1) is 11.0 Å². The van der Waals surface area contributed by atoms with Crippen molar-refractivity contribution in [2.24, 2.45) is 0 Å². The maximum atomic E-state index is 4.32. The van der Waals surface area contributed by atoms with E-state index in [4.69, 9.17) is 0 Å². The molecule has 2 aromatic rings. The predicted molar refractivity (Wildman–Crippen MR) is 54.3 cm³/mol. The number of H-pyrrole nitrogens is 1. The van der Waals surface area contributed by atoms with Gasteiger partial charge in [0, 0.05) is 6.29 Å². The topological polar surface area (TPSA) is 40.7 Å². The van der Waals surface area contributed by atoms with Crippen molar-refractivity contribution >= 4 is 26.2 Å². The first-order valence-corrected chi connectivity index (χ1v) is 4.60. The standard InChI is InChI=1S/C8H10N3P/c12-5-9-8-10-6-3-1-2-4-7(6)11-8/h1-4H,5,12H2,(H2,9,10,11). The maximum absolute atomic E-state index is 4.32. The molecule has 0 radical (unpaired) electrons. The number of fused-ring (bicyclic) bond motifs is 1. The number of para-hydroxylation sites is 2. The lowest BCUT2D eigenvalue weighted by Gasteiger charge is -1.93. The smallest absolute Gasteiger partial charge is 0.201 e. The molecule has 0 aliphatic heterocycles. The van der Waals surface area contributed by atoms with E-state index in [1.807, 2.05) is 24.3 Å². The molecule has 0 aliphatic carbocycles. The van der Waals surface area contributed by atoms with Gasteiger partial charge >= 0.3 is 0 Å². The van der Waals surface area contributed by atoms with Crippen LogP contribution in [0.1, 0.15) is 0 Å². The van der Waals surface area contributed by atoms with E-state index < -0.39 is 0 Å². The van der Waals surface area contributed by atoms with Crippen molar-refractivity contribution in [2.45, 2.75) is 0 Å². The Bertz CT molecular complexity index is 349. The van der Waals surface area contributed by atoms with Crippen LogP contribution in [0.2, 0.25) is 0 Å². The fourth-order valence-corrected chi connectivity index (χ4v) is 1.33. The van der Waals surface area contributed by atoms with Crippen molar-refractivity contribution in [1.29, 1.82) is 0 Å². The normalized spacial score (nSPS) is 10.4. The summed E-state index contributed by atoms with van der Waals surface area (Å²) < 4.78 is 0. The molecule has 1 unspecified atom stereocenters. The Kier molecular flexibility index (Phi) is 1.96. The molecule has 2 N–H and O–H groups in total. The zero-order valence-corrected chi connectivity index (χ0v) is 7.70. The maximum Gasteiger partial charge on any atom is 0.201 e. The highest BCUT2D eigenvalue weighted by molar-refractivity contribution is 7.16. The predicted octanol–water partition coefficient (Wildman–Crippen LogP) is 1.81. The van der Waals surface area contributed by atoms with Crippen LogP contribution in [-0.2, 0) is 0 Å². The molecule has 0 bridgehead atoms. The quantitative estimate of drug-likeness (QED) is 0.690. The van der Waals surface area contributed by atoms with Crippen molar-refractivity contribution in [1.82, 2.24) is 9.97 Å². The van der Waals surface area contributed by atoms with Gasteiger partial charge in [-0.1, -0.05) is 12.1 Å². The van der Waals surface area contributed by atoms with Crippen LogP contribution < -0.4 is 5.32 Å². The molecule has 3 nitrogen and oxygen atoms in total. The van der Waals surface area contributed by atoms with E-state index in [0.29, 0.717) is 0 Å². The average Bonchev–Trinajstić information content (AvgIpc) is 2.47. The van der Waals surface area contributed by atoms with Crippen molar-refractivity contribution in [3.05, 3.63) is 24.3 Å². The molecule has 0 fully saturated rings. The fourth-order valence-electron chi connectivity index (χ4n) is 1.13. The van der Waals surface area contributed by atoms with Gasteiger partial charge in [-0.05, 0) is 12.1 Å². The Morgan fingerprint density at radius 3 is 3.00 bits per heavy atom. The third-order valence-corrected chi connectivity index (χ3v) is 1.86. The molecule has 1 atom stereocenters. The van der Waals surface area contributed by atoms with Gasteiger partial charge in [0.25, 0.3) is 0 Å². The molecule has 0 aliphatic rings. The first-order valence-electron chi connectivity index (χ1n) is 3.79. The van der Waals surface area contributed by atoms with Gasteiger partial charge in [0.2, 0.25) is 5.95 Å². The lowest BCUT2D eigenvalue weighted by molar-refractivity contribution is 1.26. The molecular formula is C8H10N3P. The fraction of sp³-hybridized carbons (Fsp3) is 0.125. The molecule has 4 heteroatoms. The summed E-state index contributed by atoms with van der Waals surface area (Å²) in [6.45, 7) is 0. The number of nitrogens with one attached hydrogen (secondary N) is 2. The van der Waals surface area contributed by atoms with Gasteiger partial charge in [-0.25, -0.2) is 4.98 Å². The summed E-state index contributed by atoms with van der Waals surface area (Å²) in [5.41, 5.74) is 2.07. The van der Waals surface area contributed by atoms with Crippen LogP contribution >= 0.6 is 9.24 Å². The average molecular weight is 179 g/mol. The highest BCUT2D eigenvalue weighted by Gasteiger charge is 1.98. The number of nitrogens with zero attached hydrogens (tertiary/aromatic N) is 1. The number of rotatable bonds is 2. The van der Waals surface area contributed by atoms with Crippen LogP contribution in [0, 0.1) is 0 Å². The number of imidazole rings is 1. The van der Waals surface area contributed by atoms with E-state index in [2.05, 4.69) is 24.5 Å². The Hall–Kier alpha value is -1.08. The molecule has 0 spiro atoms. The van der Waals surface area contributed by atoms with E-state index >= 15 is 0 Å². The molecule has 0 amide bonds. The third kappa shape index (κ3) is 1.28. The molecule has 12 heavy (non-hydrogen) atoms. The lowest BCUT2D eigenvalue weighted by Crippen LogP contribution is -1.94. The zero-order valence-electron chi connectivity index (χ0n) is 6.54. The summed E-state index contributed by atoms with van der Waals surface area (Å²) in [5, 5.41) is 3.09. The summed E-state index contributed by atoms with van der Waals surface area (Å²) in [7, 11) is 2.59.